The van der Waals surface area contributed by atoms with Crippen molar-refractivity contribution in [3.63, 3.8) is 0 Å². The Labute approximate surface area is 140 Å². The fourth-order valence-corrected chi connectivity index (χ4v) is 2.62. The van der Waals surface area contributed by atoms with Gasteiger partial charge in [-0.05, 0) is 42.7 Å². The van der Waals surface area contributed by atoms with Gasteiger partial charge in [-0.15, -0.1) is 0 Å². The SMILES string of the molecule is O=C(NCc1ccc(F)cc1)c1ccccc1OC[C@@H]1CCCO1. The fourth-order valence-electron chi connectivity index (χ4n) is 2.62. The van der Waals surface area contributed by atoms with E-state index in [1.54, 1.807) is 30.3 Å². The van der Waals surface area contributed by atoms with Crippen LogP contribution in [0.25, 0.3) is 0 Å². The molecule has 0 unspecified atom stereocenters. The van der Waals surface area contributed by atoms with E-state index in [9.17, 15) is 9.18 Å². The fraction of sp³-hybridized carbons (Fsp3) is 0.316. The molecule has 0 bridgehead atoms. The lowest BCUT2D eigenvalue weighted by molar-refractivity contribution is 0.0670. The second-order valence-electron chi connectivity index (χ2n) is 5.75. The Kier molecular flexibility index (Phi) is 5.43. The van der Waals surface area contributed by atoms with Crippen molar-refractivity contribution in [2.45, 2.75) is 25.5 Å². The Balaban J connectivity index is 1.60. The largest absolute Gasteiger partial charge is 0.490 e. The predicted octanol–water partition coefficient (Wildman–Crippen LogP) is 3.31. The topological polar surface area (TPSA) is 47.6 Å². The number of halogens is 1. The average molecular weight is 329 g/mol. The molecule has 1 aliphatic heterocycles. The van der Waals surface area contributed by atoms with E-state index in [-0.39, 0.29) is 17.8 Å². The predicted molar refractivity (Wildman–Crippen MR) is 88.5 cm³/mol. The summed E-state index contributed by atoms with van der Waals surface area (Å²) in [5.74, 6) is 0.0322. The van der Waals surface area contributed by atoms with Crippen molar-refractivity contribution in [1.82, 2.24) is 5.32 Å². The summed E-state index contributed by atoms with van der Waals surface area (Å²) in [6, 6.07) is 13.2. The van der Waals surface area contributed by atoms with Gasteiger partial charge in [0, 0.05) is 13.2 Å². The minimum atomic E-state index is -0.294. The number of hydrogen-bond donors (Lipinski definition) is 1. The standard InChI is InChI=1S/C19H20FNO3/c20-15-9-7-14(8-10-15)12-21-19(22)17-5-1-2-6-18(17)24-13-16-4-3-11-23-16/h1-2,5-10,16H,3-4,11-13H2,(H,21,22)/t16-/m0/s1. The number of carbonyl (C=O) groups excluding carboxylic acids is 1. The highest BCUT2D eigenvalue weighted by atomic mass is 19.1. The molecule has 1 saturated heterocycles. The minimum Gasteiger partial charge on any atom is -0.490 e. The van der Waals surface area contributed by atoms with Crippen LogP contribution in [0.2, 0.25) is 0 Å². The first-order valence-corrected chi connectivity index (χ1v) is 8.08. The van der Waals surface area contributed by atoms with E-state index in [4.69, 9.17) is 9.47 Å². The first-order valence-electron chi connectivity index (χ1n) is 8.08. The molecule has 4 nitrogen and oxygen atoms in total. The Bertz CT molecular complexity index is 681. The molecule has 126 valence electrons. The van der Waals surface area contributed by atoms with Gasteiger partial charge in [0.05, 0.1) is 11.7 Å². The molecule has 0 spiro atoms. The maximum atomic E-state index is 12.9. The number of hydrogen-bond acceptors (Lipinski definition) is 3. The van der Waals surface area contributed by atoms with Crippen molar-refractivity contribution < 1.29 is 18.7 Å². The van der Waals surface area contributed by atoms with Gasteiger partial charge in [0.25, 0.3) is 5.91 Å². The van der Waals surface area contributed by atoms with Crippen LogP contribution in [0.4, 0.5) is 4.39 Å². The van der Waals surface area contributed by atoms with E-state index < -0.39 is 0 Å². The van der Waals surface area contributed by atoms with E-state index in [1.165, 1.54) is 12.1 Å². The summed E-state index contributed by atoms with van der Waals surface area (Å²) in [5, 5.41) is 2.83. The summed E-state index contributed by atoms with van der Waals surface area (Å²) >= 11 is 0. The number of para-hydroxylation sites is 1. The van der Waals surface area contributed by atoms with Crippen LogP contribution in [-0.2, 0) is 11.3 Å². The van der Waals surface area contributed by atoms with Crippen molar-refractivity contribution >= 4 is 5.91 Å². The summed E-state index contributed by atoms with van der Waals surface area (Å²) < 4.78 is 24.2. The van der Waals surface area contributed by atoms with E-state index in [0.29, 0.717) is 24.5 Å². The van der Waals surface area contributed by atoms with Gasteiger partial charge in [-0.3, -0.25) is 4.79 Å². The lowest BCUT2D eigenvalue weighted by atomic mass is 10.1. The molecule has 24 heavy (non-hydrogen) atoms. The summed E-state index contributed by atoms with van der Waals surface area (Å²) in [5.41, 5.74) is 1.32. The van der Waals surface area contributed by atoms with Crippen LogP contribution >= 0.6 is 0 Å². The molecule has 0 aliphatic carbocycles. The highest BCUT2D eigenvalue weighted by Gasteiger charge is 2.18. The maximum absolute atomic E-state index is 12.9. The van der Waals surface area contributed by atoms with Gasteiger partial charge in [-0.25, -0.2) is 4.39 Å². The number of ether oxygens (including phenoxy) is 2. The molecule has 3 rings (SSSR count). The van der Waals surface area contributed by atoms with Crippen LogP contribution in [0.3, 0.4) is 0 Å². The summed E-state index contributed by atoms with van der Waals surface area (Å²) in [7, 11) is 0. The number of rotatable bonds is 6. The van der Waals surface area contributed by atoms with Crippen molar-refractivity contribution in [2.75, 3.05) is 13.2 Å². The quantitative estimate of drug-likeness (QED) is 0.884. The molecule has 1 atom stereocenters. The van der Waals surface area contributed by atoms with Gasteiger partial charge in [0.2, 0.25) is 0 Å². The third-order valence-corrected chi connectivity index (χ3v) is 3.95. The first-order chi connectivity index (χ1) is 11.7. The number of benzene rings is 2. The van der Waals surface area contributed by atoms with Crippen molar-refractivity contribution in [2.24, 2.45) is 0 Å². The molecular weight excluding hydrogens is 309 g/mol. The van der Waals surface area contributed by atoms with Crippen LogP contribution in [-0.4, -0.2) is 25.2 Å². The Morgan fingerprint density at radius 2 is 2.00 bits per heavy atom. The van der Waals surface area contributed by atoms with Crippen LogP contribution in [0, 0.1) is 5.82 Å². The molecule has 1 amide bonds. The minimum absolute atomic E-state index is 0.0975. The van der Waals surface area contributed by atoms with E-state index >= 15 is 0 Å². The normalized spacial score (nSPS) is 16.8. The molecular formula is C19H20FNO3. The summed E-state index contributed by atoms with van der Waals surface area (Å²) in [4.78, 5) is 12.4. The van der Waals surface area contributed by atoms with E-state index in [2.05, 4.69) is 5.32 Å². The zero-order valence-electron chi connectivity index (χ0n) is 13.3. The molecule has 5 heteroatoms. The molecule has 1 aliphatic rings. The van der Waals surface area contributed by atoms with E-state index in [0.717, 1.165) is 25.0 Å². The molecule has 0 saturated carbocycles. The summed E-state index contributed by atoms with van der Waals surface area (Å²) in [6.07, 6.45) is 2.13. The zero-order valence-corrected chi connectivity index (χ0v) is 13.3. The molecule has 0 radical (unpaired) electrons. The zero-order chi connectivity index (χ0) is 16.8. The molecule has 1 fully saturated rings. The van der Waals surface area contributed by atoms with Gasteiger partial charge in [-0.2, -0.15) is 0 Å². The van der Waals surface area contributed by atoms with E-state index in [1.807, 2.05) is 6.07 Å². The highest BCUT2D eigenvalue weighted by Crippen LogP contribution is 2.20. The Morgan fingerprint density at radius 3 is 2.75 bits per heavy atom. The molecule has 1 N–H and O–H groups in total. The second-order valence-corrected chi connectivity index (χ2v) is 5.75. The van der Waals surface area contributed by atoms with Gasteiger partial charge in [0.1, 0.15) is 18.2 Å². The third kappa shape index (κ3) is 4.32. The lowest BCUT2D eigenvalue weighted by Gasteiger charge is -2.14. The second kappa shape index (κ2) is 7.93. The van der Waals surface area contributed by atoms with Gasteiger partial charge < -0.3 is 14.8 Å². The molecule has 1 heterocycles. The molecule has 0 aromatic heterocycles. The van der Waals surface area contributed by atoms with Crippen LogP contribution in [0.15, 0.2) is 48.5 Å². The number of carbonyl (C=O) groups is 1. The lowest BCUT2D eigenvalue weighted by Crippen LogP contribution is -2.24. The van der Waals surface area contributed by atoms with Crippen LogP contribution in [0.5, 0.6) is 5.75 Å². The van der Waals surface area contributed by atoms with Crippen molar-refractivity contribution in [1.29, 1.82) is 0 Å². The first kappa shape index (κ1) is 16.5. The smallest absolute Gasteiger partial charge is 0.255 e. The monoisotopic (exact) mass is 329 g/mol. The van der Waals surface area contributed by atoms with Crippen LogP contribution < -0.4 is 10.1 Å². The highest BCUT2D eigenvalue weighted by molar-refractivity contribution is 5.96. The summed E-state index contributed by atoms with van der Waals surface area (Å²) in [6.45, 7) is 1.55. The number of nitrogens with one attached hydrogen (secondary N) is 1. The Morgan fingerprint density at radius 1 is 1.21 bits per heavy atom. The van der Waals surface area contributed by atoms with Crippen molar-refractivity contribution in [3.8, 4) is 5.75 Å². The van der Waals surface area contributed by atoms with Gasteiger partial charge >= 0.3 is 0 Å². The van der Waals surface area contributed by atoms with Gasteiger partial charge in [-0.1, -0.05) is 24.3 Å². The van der Waals surface area contributed by atoms with Crippen LogP contribution in [0.1, 0.15) is 28.8 Å². The third-order valence-electron chi connectivity index (χ3n) is 3.95. The van der Waals surface area contributed by atoms with Gasteiger partial charge in [0.15, 0.2) is 0 Å². The molecule has 2 aromatic rings. The Hall–Kier alpha value is -2.40. The maximum Gasteiger partial charge on any atom is 0.255 e. The van der Waals surface area contributed by atoms with Crippen molar-refractivity contribution in [3.05, 3.63) is 65.5 Å². The molecule has 2 aromatic carbocycles. The average Bonchev–Trinajstić information content (AvgIpc) is 3.13. The number of amides is 1.